The van der Waals surface area contributed by atoms with Crippen LogP contribution in [0.4, 0.5) is 11.4 Å². The molecule has 0 aliphatic rings. The SMILES string of the molecule is CCN(C(=O)CCN(c1c(C)cc(C)cc1C)S(C)(=O)=O)c1ccccc1. The first-order valence-corrected chi connectivity index (χ1v) is 10.9. The van der Waals surface area contributed by atoms with Crippen molar-refractivity contribution >= 4 is 27.3 Å². The zero-order valence-corrected chi connectivity index (χ0v) is 17.5. The number of carbonyl (C=O) groups excluding carboxylic acids is 1. The normalized spacial score (nSPS) is 11.3. The van der Waals surface area contributed by atoms with Gasteiger partial charge in [-0.1, -0.05) is 35.9 Å². The summed E-state index contributed by atoms with van der Waals surface area (Å²) in [4.78, 5) is 14.4. The molecule has 5 nitrogen and oxygen atoms in total. The molecule has 1 amide bonds. The molecular weight excluding hydrogens is 360 g/mol. The third-order valence-electron chi connectivity index (χ3n) is 4.50. The van der Waals surface area contributed by atoms with Crippen molar-refractivity contribution in [2.24, 2.45) is 0 Å². The van der Waals surface area contributed by atoms with Crippen molar-refractivity contribution in [1.82, 2.24) is 0 Å². The zero-order chi connectivity index (χ0) is 20.2. The number of nitrogens with zero attached hydrogens (tertiary/aromatic N) is 2. The maximum absolute atomic E-state index is 12.8. The van der Waals surface area contributed by atoms with Crippen LogP contribution < -0.4 is 9.21 Å². The van der Waals surface area contributed by atoms with Gasteiger partial charge in [0.2, 0.25) is 15.9 Å². The number of amides is 1. The van der Waals surface area contributed by atoms with Gasteiger partial charge in [0.15, 0.2) is 0 Å². The van der Waals surface area contributed by atoms with Crippen molar-refractivity contribution < 1.29 is 13.2 Å². The fourth-order valence-electron chi connectivity index (χ4n) is 3.45. The largest absolute Gasteiger partial charge is 0.313 e. The second-order valence-corrected chi connectivity index (χ2v) is 8.71. The van der Waals surface area contributed by atoms with Crippen LogP contribution in [0.3, 0.4) is 0 Å². The average molecular weight is 389 g/mol. The van der Waals surface area contributed by atoms with E-state index in [-0.39, 0.29) is 18.9 Å². The Morgan fingerprint density at radius 1 is 1.00 bits per heavy atom. The molecule has 0 aliphatic heterocycles. The summed E-state index contributed by atoms with van der Waals surface area (Å²) in [7, 11) is -3.51. The lowest BCUT2D eigenvalue weighted by molar-refractivity contribution is -0.118. The number of aryl methyl sites for hydroxylation is 3. The zero-order valence-electron chi connectivity index (χ0n) is 16.7. The highest BCUT2D eigenvalue weighted by atomic mass is 32.2. The minimum Gasteiger partial charge on any atom is -0.313 e. The number of carbonyl (C=O) groups is 1. The number of hydrogen-bond donors (Lipinski definition) is 0. The Morgan fingerprint density at radius 3 is 2.04 bits per heavy atom. The monoisotopic (exact) mass is 388 g/mol. The smallest absolute Gasteiger partial charge is 0.232 e. The lowest BCUT2D eigenvalue weighted by Gasteiger charge is -2.28. The number of anilines is 2. The quantitative estimate of drug-likeness (QED) is 0.724. The van der Waals surface area contributed by atoms with Crippen LogP contribution in [0, 0.1) is 20.8 Å². The molecule has 0 fully saturated rings. The second kappa shape index (κ2) is 8.57. The molecular formula is C21H28N2O3S. The van der Waals surface area contributed by atoms with Crippen molar-refractivity contribution in [2.45, 2.75) is 34.1 Å². The predicted molar refractivity (Wildman–Crippen MR) is 112 cm³/mol. The van der Waals surface area contributed by atoms with Crippen molar-refractivity contribution in [3.8, 4) is 0 Å². The molecule has 0 bridgehead atoms. The summed E-state index contributed by atoms with van der Waals surface area (Å²) < 4.78 is 26.2. The predicted octanol–water partition coefficient (Wildman–Crippen LogP) is 3.82. The van der Waals surface area contributed by atoms with Gasteiger partial charge in [0, 0.05) is 25.2 Å². The number of rotatable bonds is 7. The van der Waals surface area contributed by atoms with Crippen molar-refractivity contribution in [2.75, 3.05) is 28.6 Å². The fraction of sp³-hybridized carbons (Fsp3) is 0.381. The summed E-state index contributed by atoms with van der Waals surface area (Å²) in [6, 6.07) is 13.3. The molecule has 2 rings (SSSR count). The van der Waals surface area contributed by atoms with E-state index in [0.717, 1.165) is 22.4 Å². The Kier molecular flexibility index (Phi) is 6.65. The summed E-state index contributed by atoms with van der Waals surface area (Å²) >= 11 is 0. The highest BCUT2D eigenvalue weighted by Gasteiger charge is 2.23. The Labute approximate surface area is 162 Å². The van der Waals surface area contributed by atoms with Gasteiger partial charge in [-0.2, -0.15) is 0 Å². The van der Waals surface area contributed by atoms with Crippen molar-refractivity contribution in [3.63, 3.8) is 0 Å². The van der Waals surface area contributed by atoms with E-state index >= 15 is 0 Å². The molecule has 0 saturated carbocycles. The average Bonchev–Trinajstić information content (AvgIpc) is 2.57. The molecule has 0 heterocycles. The van der Waals surface area contributed by atoms with E-state index in [1.165, 1.54) is 10.6 Å². The van der Waals surface area contributed by atoms with Crippen LogP contribution in [0.5, 0.6) is 0 Å². The molecule has 2 aromatic carbocycles. The van der Waals surface area contributed by atoms with Gasteiger partial charge >= 0.3 is 0 Å². The molecule has 2 aromatic rings. The number of benzene rings is 2. The first-order valence-electron chi connectivity index (χ1n) is 9.06. The fourth-order valence-corrected chi connectivity index (χ4v) is 4.49. The van der Waals surface area contributed by atoms with Gasteiger partial charge in [-0.3, -0.25) is 9.10 Å². The molecule has 0 aliphatic carbocycles. The van der Waals surface area contributed by atoms with Gasteiger partial charge in [-0.25, -0.2) is 8.42 Å². The molecule has 0 spiro atoms. The summed E-state index contributed by atoms with van der Waals surface area (Å²) in [6.45, 7) is 8.34. The van der Waals surface area contributed by atoms with Crippen LogP contribution in [0.25, 0.3) is 0 Å². The van der Waals surface area contributed by atoms with E-state index in [4.69, 9.17) is 0 Å². The molecule has 27 heavy (non-hydrogen) atoms. The first kappa shape index (κ1) is 21.0. The van der Waals surface area contributed by atoms with E-state index in [9.17, 15) is 13.2 Å². The second-order valence-electron chi connectivity index (χ2n) is 6.81. The molecule has 146 valence electrons. The van der Waals surface area contributed by atoms with E-state index in [0.29, 0.717) is 12.2 Å². The minimum atomic E-state index is -3.51. The van der Waals surface area contributed by atoms with Crippen LogP contribution in [-0.4, -0.2) is 33.7 Å². The number of para-hydroxylation sites is 1. The molecule has 0 radical (unpaired) electrons. The maximum Gasteiger partial charge on any atom is 0.232 e. The Balaban J connectivity index is 2.27. The van der Waals surface area contributed by atoms with Gasteiger partial charge in [0.25, 0.3) is 0 Å². The first-order chi connectivity index (χ1) is 12.6. The summed E-state index contributed by atoms with van der Waals surface area (Å²) in [5, 5.41) is 0. The molecule has 6 heteroatoms. The molecule has 0 atom stereocenters. The van der Waals surface area contributed by atoms with Gasteiger partial charge in [0.05, 0.1) is 11.9 Å². The summed E-state index contributed by atoms with van der Waals surface area (Å²) in [5.41, 5.74) is 4.35. The van der Waals surface area contributed by atoms with E-state index in [1.54, 1.807) is 4.90 Å². The lowest BCUT2D eigenvalue weighted by Crippen LogP contribution is -2.37. The van der Waals surface area contributed by atoms with Gasteiger partial charge in [0.1, 0.15) is 0 Å². The minimum absolute atomic E-state index is 0.0974. The van der Waals surface area contributed by atoms with Crippen LogP contribution in [0.15, 0.2) is 42.5 Å². The number of hydrogen-bond acceptors (Lipinski definition) is 3. The Hall–Kier alpha value is -2.34. The van der Waals surface area contributed by atoms with E-state index in [2.05, 4.69) is 0 Å². The van der Waals surface area contributed by atoms with Crippen LogP contribution in [0.2, 0.25) is 0 Å². The Bertz CT molecular complexity index is 885. The van der Waals surface area contributed by atoms with Crippen LogP contribution in [0.1, 0.15) is 30.0 Å². The highest BCUT2D eigenvalue weighted by Crippen LogP contribution is 2.28. The molecule has 0 aromatic heterocycles. The standard InChI is InChI=1S/C21H28N2O3S/c1-6-22(19-10-8-7-9-11-19)20(24)12-13-23(27(5,25)26)21-17(3)14-16(2)15-18(21)4/h7-11,14-15H,6,12-13H2,1-5H3. The van der Waals surface area contributed by atoms with Gasteiger partial charge < -0.3 is 4.90 Å². The topological polar surface area (TPSA) is 57.7 Å². The molecule has 0 unspecified atom stereocenters. The summed E-state index contributed by atoms with van der Waals surface area (Å²) in [6.07, 6.45) is 1.30. The molecule has 0 saturated heterocycles. The van der Waals surface area contributed by atoms with E-state index < -0.39 is 10.0 Å². The Morgan fingerprint density at radius 2 is 1.56 bits per heavy atom. The third kappa shape index (κ3) is 5.10. The van der Waals surface area contributed by atoms with Gasteiger partial charge in [-0.05, 0) is 51.0 Å². The number of sulfonamides is 1. The highest BCUT2D eigenvalue weighted by molar-refractivity contribution is 7.92. The van der Waals surface area contributed by atoms with Crippen molar-refractivity contribution in [3.05, 3.63) is 59.2 Å². The van der Waals surface area contributed by atoms with Gasteiger partial charge in [-0.15, -0.1) is 0 Å². The lowest BCUT2D eigenvalue weighted by atomic mass is 10.0. The van der Waals surface area contributed by atoms with Crippen LogP contribution in [-0.2, 0) is 14.8 Å². The van der Waals surface area contributed by atoms with E-state index in [1.807, 2.05) is 70.2 Å². The van der Waals surface area contributed by atoms with Crippen molar-refractivity contribution in [1.29, 1.82) is 0 Å². The maximum atomic E-state index is 12.8. The summed E-state index contributed by atoms with van der Waals surface area (Å²) in [5.74, 6) is -0.0974. The van der Waals surface area contributed by atoms with Crippen LogP contribution >= 0.6 is 0 Å². The third-order valence-corrected chi connectivity index (χ3v) is 5.66. The molecule has 0 N–H and O–H groups in total.